The van der Waals surface area contributed by atoms with E-state index in [0.29, 0.717) is 22.7 Å². The molecular weight excluding hydrogens is 618 g/mol. The van der Waals surface area contributed by atoms with E-state index >= 15 is 0 Å². The first-order chi connectivity index (χ1) is 23.7. The van der Waals surface area contributed by atoms with Crippen molar-refractivity contribution in [1.29, 1.82) is 0 Å². The summed E-state index contributed by atoms with van der Waals surface area (Å²) in [6.07, 6.45) is 10.9. The van der Waals surface area contributed by atoms with Crippen molar-refractivity contribution in [3.05, 3.63) is 83.4 Å². The molecule has 2 aromatic carbocycles. The van der Waals surface area contributed by atoms with E-state index in [-0.39, 0.29) is 23.4 Å². The number of fused-ring (bicyclic) bond motifs is 2. The molecule has 0 saturated carbocycles. The Morgan fingerprint density at radius 2 is 1.67 bits per heavy atom. The van der Waals surface area contributed by atoms with E-state index in [2.05, 4.69) is 37.6 Å². The molecule has 4 aromatic rings. The van der Waals surface area contributed by atoms with E-state index < -0.39 is 6.03 Å². The number of carbonyl (C=O) groups excluding carboxylic acids is 3. The number of nitrogens with one attached hydrogen (secondary N) is 2. The molecule has 0 atom stereocenters. The maximum atomic E-state index is 13.6. The van der Waals surface area contributed by atoms with E-state index in [9.17, 15) is 14.4 Å². The highest BCUT2D eigenvalue weighted by molar-refractivity contribution is 6.16. The molecule has 2 aromatic heterocycles. The normalized spacial score (nSPS) is 17.7. The van der Waals surface area contributed by atoms with Crippen LogP contribution < -0.4 is 20.3 Å². The lowest BCUT2D eigenvalue weighted by Gasteiger charge is -2.34. The molecule has 3 amide bonds. The largest absolute Gasteiger partial charge is 0.452 e. The number of anilines is 3. The average Bonchev–Trinajstić information content (AvgIpc) is 3.60. The van der Waals surface area contributed by atoms with Crippen molar-refractivity contribution in [1.82, 2.24) is 19.4 Å². The number of urea groups is 1. The van der Waals surface area contributed by atoms with Gasteiger partial charge in [0.15, 0.2) is 5.76 Å². The fourth-order valence-corrected chi connectivity index (χ4v) is 7.20. The summed E-state index contributed by atoms with van der Waals surface area (Å²) >= 11 is 0. The number of Topliss-reactive ketones (excluding diaryl/α,β-unsaturated/α-hetero) is 1. The first-order valence-corrected chi connectivity index (χ1v) is 17.1. The van der Waals surface area contributed by atoms with Crippen LogP contribution in [0.4, 0.5) is 21.9 Å². The second kappa shape index (κ2) is 13.8. The Kier molecular flexibility index (Phi) is 9.09. The Balaban J connectivity index is 1.03. The molecule has 2 N–H and O–H groups in total. The van der Waals surface area contributed by atoms with Gasteiger partial charge in [0.1, 0.15) is 11.4 Å². The molecule has 7 rings (SSSR count). The Labute approximate surface area is 286 Å². The third kappa shape index (κ3) is 6.89. The highest BCUT2D eigenvalue weighted by atomic mass is 16.5. The molecule has 2 saturated heterocycles. The van der Waals surface area contributed by atoms with Crippen molar-refractivity contribution in [3.8, 4) is 5.75 Å². The lowest BCUT2D eigenvalue weighted by atomic mass is 9.95. The van der Waals surface area contributed by atoms with E-state index in [1.54, 1.807) is 49.5 Å². The molecule has 2 fully saturated rings. The highest BCUT2D eigenvalue weighted by Gasteiger charge is 2.30. The monoisotopic (exact) mass is 661 g/mol. The summed E-state index contributed by atoms with van der Waals surface area (Å²) in [5.74, 6) is 0.591. The van der Waals surface area contributed by atoms with Gasteiger partial charge >= 0.3 is 6.03 Å². The third-order valence-electron chi connectivity index (χ3n) is 9.77. The fraction of sp³-hybridized carbons (Fsp3) is 0.368. The van der Waals surface area contributed by atoms with Crippen molar-refractivity contribution >= 4 is 51.9 Å². The van der Waals surface area contributed by atoms with Gasteiger partial charge in [0.2, 0.25) is 11.7 Å². The highest BCUT2D eigenvalue weighted by Crippen LogP contribution is 2.37. The molecule has 254 valence electrons. The van der Waals surface area contributed by atoms with Crippen molar-refractivity contribution < 1.29 is 19.1 Å². The zero-order valence-corrected chi connectivity index (χ0v) is 28.4. The number of piperidine rings is 2. The molecule has 0 radical (unpaired) electrons. The second-order valence-corrected chi connectivity index (χ2v) is 13.5. The Morgan fingerprint density at radius 1 is 0.959 bits per heavy atom. The third-order valence-corrected chi connectivity index (χ3v) is 9.77. The van der Waals surface area contributed by atoms with Gasteiger partial charge in [0, 0.05) is 87.1 Å². The zero-order valence-electron chi connectivity index (χ0n) is 28.4. The minimum atomic E-state index is -0.392. The van der Waals surface area contributed by atoms with Crippen LogP contribution >= 0.6 is 0 Å². The summed E-state index contributed by atoms with van der Waals surface area (Å²) in [6, 6.07) is 14.6. The molecule has 0 bridgehead atoms. The van der Waals surface area contributed by atoms with Crippen LogP contribution in [0.5, 0.6) is 5.75 Å². The van der Waals surface area contributed by atoms with Gasteiger partial charge in [-0.25, -0.2) is 9.78 Å². The molecule has 11 nitrogen and oxygen atoms in total. The first-order valence-electron chi connectivity index (χ1n) is 17.1. The Morgan fingerprint density at radius 3 is 2.41 bits per heavy atom. The summed E-state index contributed by atoms with van der Waals surface area (Å²) in [5, 5.41) is 6.66. The number of hydrogen-bond donors (Lipinski definition) is 2. The summed E-state index contributed by atoms with van der Waals surface area (Å²) in [6.45, 7) is 4.70. The van der Waals surface area contributed by atoms with Gasteiger partial charge in [0.05, 0.1) is 5.56 Å². The maximum absolute atomic E-state index is 13.6. The number of ether oxygens (including phenoxy) is 1. The fourth-order valence-electron chi connectivity index (χ4n) is 7.20. The minimum absolute atomic E-state index is 0.0233. The first kappa shape index (κ1) is 32.4. The maximum Gasteiger partial charge on any atom is 0.323 e. The zero-order chi connectivity index (χ0) is 34.1. The number of amides is 3. The van der Waals surface area contributed by atoms with E-state index in [4.69, 9.17) is 4.74 Å². The molecule has 5 heterocycles. The van der Waals surface area contributed by atoms with E-state index in [0.717, 1.165) is 67.8 Å². The molecule has 3 aliphatic heterocycles. The molecule has 49 heavy (non-hydrogen) atoms. The summed E-state index contributed by atoms with van der Waals surface area (Å²) in [4.78, 5) is 50.1. The van der Waals surface area contributed by atoms with Crippen LogP contribution in [0.15, 0.2) is 66.7 Å². The number of ketones is 1. The molecule has 11 heteroatoms. The number of aromatic nitrogens is 2. The van der Waals surface area contributed by atoms with Gasteiger partial charge in [-0.2, -0.15) is 0 Å². The predicted octanol–water partition coefficient (Wildman–Crippen LogP) is 6.12. The number of nitrogens with zero attached hydrogens (tertiary/aromatic N) is 5. The van der Waals surface area contributed by atoms with Gasteiger partial charge in [-0.15, -0.1) is 0 Å². The number of carbonyl (C=O) groups is 3. The molecule has 0 spiro atoms. The van der Waals surface area contributed by atoms with Crippen LogP contribution in [0.1, 0.15) is 53.6 Å². The number of allylic oxidation sites excluding steroid dienone is 1. The second-order valence-electron chi connectivity index (χ2n) is 13.5. The SMILES string of the molecule is CN(C)C(=O)C1CCN(c2ccnc3c2c(/C=C2\Oc4ccc(NC(=O)Nc5ccc(CN6CCCCC6)cc5)cc4C2=O)cn3C)CC1. The van der Waals surface area contributed by atoms with Gasteiger partial charge in [-0.1, -0.05) is 18.6 Å². The smallest absolute Gasteiger partial charge is 0.323 e. The van der Waals surface area contributed by atoms with Gasteiger partial charge < -0.3 is 29.7 Å². The summed E-state index contributed by atoms with van der Waals surface area (Å²) in [5.41, 5.74) is 5.44. The molecular formula is C38H43N7O4. The minimum Gasteiger partial charge on any atom is -0.452 e. The summed E-state index contributed by atoms with van der Waals surface area (Å²) < 4.78 is 7.99. The lowest BCUT2D eigenvalue weighted by molar-refractivity contribution is -0.133. The molecule has 3 aliphatic rings. The van der Waals surface area contributed by atoms with Gasteiger partial charge in [-0.05, 0) is 86.8 Å². The quantitative estimate of drug-likeness (QED) is 0.230. The van der Waals surface area contributed by atoms with Crippen LogP contribution in [0.2, 0.25) is 0 Å². The van der Waals surface area contributed by atoms with E-state index in [1.807, 2.05) is 36.0 Å². The molecule has 0 aliphatic carbocycles. The number of likely N-dealkylation sites (tertiary alicyclic amines) is 1. The average molecular weight is 662 g/mol. The predicted molar refractivity (Wildman–Crippen MR) is 192 cm³/mol. The molecule has 0 unspecified atom stereocenters. The topological polar surface area (TPSA) is 112 Å². The number of hydrogen-bond acceptors (Lipinski definition) is 7. The van der Waals surface area contributed by atoms with Crippen LogP contribution in [0, 0.1) is 5.92 Å². The van der Waals surface area contributed by atoms with Crippen molar-refractivity contribution in [2.75, 3.05) is 55.8 Å². The van der Waals surface area contributed by atoms with Crippen LogP contribution in [0.3, 0.4) is 0 Å². The van der Waals surface area contributed by atoms with Crippen molar-refractivity contribution in [2.45, 2.75) is 38.6 Å². The Hall–Kier alpha value is -5.16. The standard InChI is InChI=1S/C38H43N7O4/c1-42(2)37(47)26-14-19-45(20-15-26)31-13-16-39-36-34(31)27(24-43(36)3)21-33-35(46)30-22-29(11-12-32(30)49-33)41-38(48)40-28-9-7-25(8-10-28)23-44-17-5-4-6-18-44/h7-13,16,21-22,24,26H,4-6,14-15,17-20,23H2,1-3H3,(H2,40,41,48)/b33-21-. The van der Waals surface area contributed by atoms with Gasteiger partial charge in [0.25, 0.3) is 0 Å². The number of benzene rings is 2. The van der Waals surface area contributed by atoms with Gasteiger partial charge in [-0.3, -0.25) is 14.5 Å². The van der Waals surface area contributed by atoms with Crippen LogP contribution in [0.25, 0.3) is 17.1 Å². The van der Waals surface area contributed by atoms with Crippen molar-refractivity contribution in [3.63, 3.8) is 0 Å². The lowest BCUT2D eigenvalue weighted by Crippen LogP contribution is -2.40. The van der Waals surface area contributed by atoms with E-state index in [1.165, 1.54) is 24.8 Å². The van der Waals surface area contributed by atoms with Crippen molar-refractivity contribution in [2.24, 2.45) is 13.0 Å². The number of rotatable bonds is 7. The Bertz CT molecular complexity index is 1920. The van der Waals surface area contributed by atoms with Crippen LogP contribution in [-0.2, 0) is 18.4 Å². The van der Waals surface area contributed by atoms with Crippen LogP contribution in [-0.4, -0.2) is 77.3 Å². The number of aryl methyl sites for hydroxylation is 1. The summed E-state index contributed by atoms with van der Waals surface area (Å²) in [7, 11) is 5.55. The number of pyridine rings is 1.